The normalized spacial score (nSPS) is 12.7. The van der Waals surface area contributed by atoms with E-state index in [-0.39, 0.29) is 11.1 Å². The minimum Gasteiger partial charge on any atom is -0.313 e. The number of thiophene rings is 1. The maximum Gasteiger partial charge on any atom is 0.142 e. The van der Waals surface area contributed by atoms with Crippen molar-refractivity contribution in [3.05, 3.63) is 56.2 Å². The van der Waals surface area contributed by atoms with Gasteiger partial charge in [-0.05, 0) is 37.7 Å². The summed E-state index contributed by atoms with van der Waals surface area (Å²) in [6, 6.07) is 6.05. The van der Waals surface area contributed by atoms with E-state index in [0.717, 1.165) is 17.4 Å². The van der Waals surface area contributed by atoms with Crippen molar-refractivity contribution in [1.29, 1.82) is 0 Å². The van der Waals surface area contributed by atoms with Crippen molar-refractivity contribution in [2.24, 2.45) is 0 Å². The zero-order chi connectivity index (χ0) is 14.7. The van der Waals surface area contributed by atoms with Crippen LogP contribution in [0.25, 0.3) is 0 Å². The van der Waals surface area contributed by atoms with E-state index in [1.165, 1.54) is 10.9 Å². The molecule has 1 nitrogen and oxygen atoms in total. The number of aryl methyl sites for hydroxylation is 1. The molecule has 1 atom stereocenters. The minimum absolute atomic E-state index is 0.189. The molecule has 2 aromatic rings. The Kier molecular flexibility index (Phi) is 5.13. The number of likely N-dealkylation sites (N-methyl/N-ethyl adjacent to an activating group) is 1. The lowest BCUT2D eigenvalue weighted by Crippen LogP contribution is -2.20. The average Bonchev–Trinajstić information content (AvgIpc) is 2.88. The third-order valence-electron chi connectivity index (χ3n) is 3.23. The molecule has 1 heterocycles. The quantitative estimate of drug-likeness (QED) is 0.785. The highest BCUT2D eigenvalue weighted by molar-refractivity contribution is 7.11. The minimum atomic E-state index is -0.594. The summed E-state index contributed by atoms with van der Waals surface area (Å²) in [7, 11) is 1.74. The van der Waals surface area contributed by atoms with Crippen LogP contribution in [-0.4, -0.2) is 7.05 Å². The Morgan fingerprint density at radius 2 is 1.90 bits per heavy atom. The van der Waals surface area contributed by atoms with E-state index in [0.29, 0.717) is 12.0 Å². The lowest BCUT2D eigenvalue weighted by Gasteiger charge is -2.17. The van der Waals surface area contributed by atoms with Gasteiger partial charge in [-0.25, -0.2) is 8.78 Å². The third-order valence-corrected chi connectivity index (χ3v) is 4.78. The lowest BCUT2D eigenvalue weighted by atomic mass is 10.0. The molecular formula is C15H16ClF2NS. The molecule has 0 fully saturated rings. The molecule has 1 unspecified atom stereocenters. The maximum absolute atomic E-state index is 14.0. The summed E-state index contributed by atoms with van der Waals surface area (Å²) in [5, 5.41) is 2.85. The van der Waals surface area contributed by atoms with Crippen molar-refractivity contribution in [2.75, 3.05) is 7.05 Å². The second-order valence-electron chi connectivity index (χ2n) is 4.55. The summed E-state index contributed by atoms with van der Waals surface area (Å²) in [4.78, 5) is 2.44. The summed E-state index contributed by atoms with van der Waals surface area (Å²) in [5.74, 6) is -1.08. The molecule has 2 rings (SSSR count). The second kappa shape index (κ2) is 6.66. The molecule has 1 aromatic heterocycles. The van der Waals surface area contributed by atoms with Crippen LogP contribution in [0.5, 0.6) is 0 Å². The van der Waals surface area contributed by atoms with Gasteiger partial charge < -0.3 is 5.32 Å². The van der Waals surface area contributed by atoms with Crippen LogP contribution in [0.15, 0.2) is 24.3 Å². The molecule has 1 N–H and O–H groups in total. The summed E-state index contributed by atoms with van der Waals surface area (Å²) in [5.41, 5.74) is 0.306. The van der Waals surface area contributed by atoms with E-state index >= 15 is 0 Å². The summed E-state index contributed by atoms with van der Waals surface area (Å²) in [6.45, 7) is 2.10. The highest BCUT2D eigenvalue weighted by atomic mass is 35.5. The first-order valence-corrected chi connectivity index (χ1v) is 7.63. The van der Waals surface area contributed by atoms with Crippen LogP contribution in [-0.2, 0) is 12.8 Å². The van der Waals surface area contributed by atoms with Gasteiger partial charge in [-0.2, -0.15) is 0 Å². The molecule has 5 heteroatoms. The van der Waals surface area contributed by atoms with Gasteiger partial charge in [0.15, 0.2) is 0 Å². The highest BCUT2D eigenvalue weighted by Gasteiger charge is 2.18. The van der Waals surface area contributed by atoms with Crippen LogP contribution in [0.4, 0.5) is 8.78 Å². The van der Waals surface area contributed by atoms with Crippen LogP contribution in [0.2, 0.25) is 5.02 Å². The first-order chi connectivity index (χ1) is 9.55. The van der Waals surface area contributed by atoms with Gasteiger partial charge in [0.05, 0.1) is 5.02 Å². The second-order valence-corrected chi connectivity index (χ2v) is 6.21. The first-order valence-electron chi connectivity index (χ1n) is 6.44. The number of halogens is 3. The fourth-order valence-corrected chi connectivity index (χ4v) is 3.25. The predicted octanol–water partition coefficient (Wildman–Crippen LogP) is 4.75. The van der Waals surface area contributed by atoms with E-state index in [9.17, 15) is 8.78 Å². The topological polar surface area (TPSA) is 12.0 Å². The fourth-order valence-electron chi connectivity index (χ4n) is 2.10. The van der Waals surface area contributed by atoms with Crippen LogP contribution >= 0.6 is 22.9 Å². The molecule has 0 bridgehead atoms. The van der Waals surface area contributed by atoms with E-state index in [1.54, 1.807) is 18.4 Å². The number of nitrogens with one attached hydrogen (secondary N) is 1. The van der Waals surface area contributed by atoms with Gasteiger partial charge in [-0.15, -0.1) is 11.3 Å². The Balaban J connectivity index is 2.26. The Hall–Kier alpha value is -0.970. The van der Waals surface area contributed by atoms with Crippen molar-refractivity contribution in [3.63, 3.8) is 0 Å². The molecule has 1 aromatic carbocycles. The van der Waals surface area contributed by atoms with Crippen molar-refractivity contribution >= 4 is 22.9 Å². The number of benzene rings is 1. The van der Waals surface area contributed by atoms with Crippen molar-refractivity contribution in [2.45, 2.75) is 25.8 Å². The molecule has 0 radical (unpaired) electrons. The molecular weight excluding hydrogens is 300 g/mol. The van der Waals surface area contributed by atoms with Crippen LogP contribution in [0.1, 0.15) is 28.3 Å². The van der Waals surface area contributed by atoms with Crippen LogP contribution in [0, 0.1) is 11.6 Å². The van der Waals surface area contributed by atoms with Crippen LogP contribution < -0.4 is 5.32 Å². The number of rotatable bonds is 5. The van der Waals surface area contributed by atoms with Gasteiger partial charge >= 0.3 is 0 Å². The van der Waals surface area contributed by atoms with Crippen LogP contribution in [0.3, 0.4) is 0 Å². The van der Waals surface area contributed by atoms with Gasteiger partial charge in [-0.3, -0.25) is 0 Å². The smallest absolute Gasteiger partial charge is 0.142 e. The van der Waals surface area contributed by atoms with Crippen molar-refractivity contribution in [3.8, 4) is 0 Å². The van der Waals surface area contributed by atoms with Crippen molar-refractivity contribution in [1.82, 2.24) is 5.32 Å². The van der Waals surface area contributed by atoms with Gasteiger partial charge in [0, 0.05) is 27.8 Å². The standard InChI is InChI=1S/C15H16ClF2NS/c1-3-9-4-5-10(20-9)6-15(19-2)11-7-14(18)12(16)8-13(11)17/h4-5,7-8,15,19H,3,6H2,1-2H3. The fraction of sp³-hybridized carbons (Fsp3) is 0.333. The number of hydrogen-bond donors (Lipinski definition) is 1. The average molecular weight is 316 g/mol. The summed E-state index contributed by atoms with van der Waals surface area (Å²) < 4.78 is 27.5. The van der Waals surface area contributed by atoms with E-state index in [4.69, 9.17) is 11.6 Å². The number of hydrogen-bond acceptors (Lipinski definition) is 2. The molecule has 20 heavy (non-hydrogen) atoms. The highest BCUT2D eigenvalue weighted by Crippen LogP contribution is 2.28. The zero-order valence-corrected chi connectivity index (χ0v) is 12.9. The largest absolute Gasteiger partial charge is 0.313 e. The molecule has 0 spiro atoms. The molecule has 108 valence electrons. The SMILES string of the molecule is CCc1ccc(CC(NC)c2cc(F)c(Cl)cc2F)s1. The van der Waals surface area contributed by atoms with Gasteiger partial charge in [-0.1, -0.05) is 18.5 Å². The van der Waals surface area contributed by atoms with Crippen molar-refractivity contribution < 1.29 is 8.78 Å². The molecule has 0 amide bonds. The monoisotopic (exact) mass is 315 g/mol. The van der Waals surface area contributed by atoms with Gasteiger partial charge in [0.25, 0.3) is 0 Å². The summed E-state index contributed by atoms with van der Waals surface area (Å²) >= 11 is 7.28. The molecule has 0 aliphatic heterocycles. The van der Waals surface area contributed by atoms with E-state index in [2.05, 4.69) is 18.3 Å². The molecule has 0 aliphatic carbocycles. The predicted molar refractivity (Wildman–Crippen MR) is 80.6 cm³/mol. The Bertz CT molecular complexity index is 598. The van der Waals surface area contributed by atoms with E-state index in [1.807, 2.05) is 6.07 Å². The van der Waals surface area contributed by atoms with Gasteiger partial charge in [0.1, 0.15) is 11.6 Å². The Labute approximate surface area is 126 Å². The van der Waals surface area contributed by atoms with Gasteiger partial charge in [0.2, 0.25) is 0 Å². The zero-order valence-electron chi connectivity index (χ0n) is 11.3. The molecule has 0 aliphatic rings. The molecule has 0 saturated carbocycles. The molecule has 0 saturated heterocycles. The summed E-state index contributed by atoms with van der Waals surface area (Å²) in [6.07, 6.45) is 1.61. The first kappa shape index (κ1) is 15.4. The third kappa shape index (κ3) is 3.37. The lowest BCUT2D eigenvalue weighted by molar-refractivity contribution is 0.525. The maximum atomic E-state index is 14.0. The Morgan fingerprint density at radius 3 is 2.50 bits per heavy atom. The Morgan fingerprint density at radius 1 is 1.20 bits per heavy atom. The van der Waals surface area contributed by atoms with E-state index < -0.39 is 11.6 Å².